The van der Waals surface area contributed by atoms with E-state index < -0.39 is 26.9 Å². The summed E-state index contributed by atoms with van der Waals surface area (Å²) >= 11 is 0. The highest BCUT2D eigenvalue weighted by Gasteiger charge is 2.23. The van der Waals surface area contributed by atoms with Crippen LogP contribution in [0.4, 0.5) is 11.4 Å². The van der Waals surface area contributed by atoms with Crippen LogP contribution in [0.25, 0.3) is 0 Å². The Morgan fingerprint density at radius 2 is 1.68 bits per heavy atom. The van der Waals surface area contributed by atoms with Crippen LogP contribution in [0.5, 0.6) is 0 Å². The second-order valence-electron chi connectivity index (χ2n) is 7.21. The normalized spacial score (nSPS) is 12.5. The van der Waals surface area contributed by atoms with E-state index in [1.807, 2.05) is 0 Å². The Bertz CT molecular complexity index is 1050. The van der Waals surface area contributed by atoms with Gasteiger partial charge in [0.25, 0.3) is 11.6 Å². The number of benzene rings is 2. The molecule has 0 spiro atoms. The first kappa shape index (κ1) is 24.3. The lowest BCUT2D eigenvalue weighted by atomic mass is 10.1. The van der Waals surface area contributed by atoms with Crippen molar-refractivity contribution in [3.63, 3.8) is 0 Å². The average Bonchev–Trinajstić information content (AvgIpc) is 2.73. The second kappa shape index (κ2) is 9.88. The molecule has 2 aromatic rings. The standard InChI is InChI=1S/C21H28N4O5S/c1-6-24(7-2)31(29,30)18-11-8-16(9-12-18)15(3)22-21(26)19-14-17(25(27)28)10-13-20(19)23(4)5/h8-15H,6-7H2,1-5H3,(H,22,26). The summed E-state index contributed by atoms with van der Waals surface area (Å²) in [5.74, 6) is -0.459. The lowest BCUT2D eigenvalue weighted by Crippen LogP contribution is -2.31. The molecule has 0 bridgehead atoms. The lowest BCUT2D eigenvalue weighted by molar-refractivity contribution is -0.384. The summed E-state index contributed by atoms with van der Waals surface area (Å²) in [6.45, 7) is 6.08. The Kier molecular flexibility index (Phi) is 7.75. The fraction of sp³-hybridized carbons (Fsp3) is 0.381. The summed E-state index contributed by atoms with van der Waals surface area (Å²) in [4.78, 5) is 25.3. The number of amides is 1. The topological polar surface area (TPSA) is 113 Å². The Morgan fingerprint density at radius 1 is 1.10 bits per heavy atom. The smallest absolute Gasteiger partial charge is 0.270 e. The number of non-ortho nitro benzene ring substituents is 1. The van der Waals surface area contributed by atoms with Crippen LogP contribution in [0.15, 0.2) is 47.4 Å². The van der Waals surface area contributed by atoms with Gasteiger partial charge in [-0.05, 0) is 30.7 Å². The molecule has 0 fully saturated rings. The Labute approximate surface area is 182 Å². The first-order chi connectivity index (χ1) is 14.5. The predicted octanol–water partition coefficient (Wildman–Crippen LogP) is 3.18. The summed E-state index contributed by atoms with van der Waals surface area (Å²) in [5, 5.41) is 13.9. The highest BCUT2D eigenvalue weighted by atomic mass is 32.2. The van der Waals surface area contributed by atoms with Crippen molar-refractivity contribution in [1.82, 2.24) is 9.62 Å². The van der Waals surface area contributed by atoms with Crippen molar-refractivity contribution in [1.29, 1.82) is 0 Å². The van der Waals surface area contributed by atoms with Gasteiger partial charge in [0.1, 0.15) is 0 Å². The van der Waals surface area contributed by atoms with E-state index in [4.69, 9.17) is 0 Å². The van der Waals surface area contributed by atoms with E-state index in [1.165, 1.54) is 34.6 Å². The number of carbonyl (C=O) groups excluding carboxylic acids is 1. The number of hydrogen-bond acceptors (Lipinski definition) is 6. The summed E-state index contributed by atoms with van der Waals surface area (Å²) in [6.07, 6.45) is 0. The molecule has 0 aliphatic rings. The van der Waals surface area contributed by atoms with Gasteiger partial charge in [-0.2, -0.15) is 4.31 Å². The molecule has 1 unspecified atom stereocenters. The molecule has 0 saturated heterocycles. The van der Waals surface area contributed by atoms with E-state index in [1.54, 1.807) is 51.9 Å². The number of hydrogen-bond donors (Lipinski definition) is 1. The monoisotopic (exact) mass is 448 g/mol. The molecule has 31 heavy (non-hydrogen) atoms. The molecule has 9 nitrogen and oxygen atoms in total. The van der Waals surface area contributed by atoms with Crippen LogP contribution < -0.4 is 10.2 Å². The van der Waals surface area contributed by atoms with Crippen LogP contribution in [-0.2, 0) is 10.0 Å². The van der Waals surface area contributed by atoms with E-state index >= 15 is 0 Å². The molecule has 0 heterocycles. The van der Waals surface area contributed by atoms with Gasteiger partial charge in [0.05, 0.1) is 21.4 Å². The van der Waals surface area contributed by atoms with Gasteiger partial charge in [-0.3, -0.25) is 14.9 Å². The fourth-order valence-electron chi connectivity index (χ4n) is 3.21. The van der Waals surface area contributed by atoms with Gasteiger partial charge < -0.3 is 10.2 Å². The largest absolute Gasteiger partial charge is 0.377 e. The number of anilines is 1. The summed E-state index contributed by atoms with van der Waals surface area (Å²) in [7, 11) is -0.0682. The molecule has 1 amide bonds. The third-order valence-electron chi connectivity index (χ3n) is 4.99. The highest BCUT2D eigenvalue weighted by molar-refractivity contribution is 7.89. The zero-order chi connectivity index (χ0) is 23.3. The van der Waals surface area contributed by atoms with Crippen LogP contribution in [0.3, 0.4) is 0 Å². The minimum absolute atomic E-state index is 0.172. The quantitative estimate of drug-likeness (QED) is 0.466. The number of sulfonamides is 1. The minimum Gasteiger partial charge on any atom is -0.377 e. The summed E-state index contributed by atoms with van der Waals surface area (Å²) < 4.78 is 26.6. The van der Waals surface area contributed by atoms with Crippen molar-refractivity contribution >= 4 is 27.3 Å². The maximum atomic E-state index is 12.9. The van der Waals surface area contributed by atoms with Crippen LogP contribution >= 0.6 is 0 Å². The third kappa shape index (κ3) is 5.39. The number of nitro groups is 1. The van der Waals surface area contributed by atoms with Gasteiger partial charge in [-0.15, -0.1) is 0 Å². The Hall–Kier alpha value is -2.98. The maximum absolute atomic E-state index is 12.9. The van der Waals surface area contributed by atoms with Crippen LogP contribution in [0, 0.1) is 10.1 Å². The van der Waals surface area contributed by atoms with Gasteiger partial charge >= 0.3 is 0 Å². The average molecular weight is 449 g/mol. The van der Waals surface area contributed by atoms with Crippen molar-refractivity contribution in [2.45, 2.75) is 31.7 Å². The summed E-state index contributed by atoms with van der Waals surface area (Å²) in [5.41, 5.74) is 1.28. The second-order valence-corrected chi connectivity index (χ2v) is 9.14. The van der Waals surface area contributed by atoms with Crippen LogP contribution in [0.1, 0.15) is 42.7 Å². The van der Waals surface area contributed by atoms with Crippen molar-refractivity contribution in [2.75, 3.05) is 32.1 Å². The molecule has 0 aromatic heterocycles. The Morgan fingerprint density at radius 3 is 2.16 bits per heavy atom. The zero-order valence-electron chi connectivity index (χ0n) is 18.3. The molecular weight excluding hydrogens is 420 g/mol. The van der Waals surface area contributed by atoms with Gasteiger partial charge in [0.15, 0.2) is 0 Å². The SMILES string of the molecule is CCN(CC)S(=O)(=O)c1ccc(C(C)NC(=O)c2cc([N+](=O)[O-])ccc2N(C)C)cc1. The first-order valence-corrected chi connectivity index (χ1v) is 11.3. The molecule has 0 aliphatic carbocycles. The molecule has 2 rings (SSSR count). The minimum atomic E-state index is -3.56. The molecule has 2 aromatic carbocycles. The molecule has 0 aliphatic heterocycles. The number of nitrogens with zero attached hydrogens (tertiary/aromatic N) is 3. The number of nitrogens with one attached hydrogen (secondary N) is 1. The van der Waals surface area contributed by atoms with Crippen LogP contribution in [-0.4, -0.2) is 50.7 Å². The molecule has 0 saturated carbocycles. The van der Waals surface area contributed by atoms with E-state index in [0.29, 0.717) is 24.3 Å². The molecule has 1 atom stereocenters. The van der Waals surface area contributed by atoms with Gasteiger partial charge in [0, 0.05) is 45.0 Å². The van der Waals surface area contributed by atoms with E-state index in [0.717, 1.165) is 0 Å². The summed E-state index contributed by atoms with van der Waals surface area (Å²) in [6, 6.07) is 10.0. The highest BCUT2D eigenvalue weighted by Crippen LogP contribution is 2.25. The van der Waals surface area contributed by atoms with E-state index in [2.05, 4.69) is 5.32 Å². The Balaban J connectivity index is 2.26. The van der Waals surface area contributed by atoms with Crippen LogP contribution in [0.2, 0.25) is 0 Å². The molecule has 1 N–H and O–H groups in total. The van der Waals surface area contributed by atoms with Crippen molar-refractivity contribution in [2.24, 2.45) is 0 Å². The lowest BCUT2D eigenvalue weighted by Gasteiger charge is -2.20. The van der Waals surface area contributed by atoms with Crippen molar-refractivity contribution in [3.8, 4) is 0 Å². The maximum Gasteiger partial charge on any atom is 0.270 e. The zero-order valence-corrected chi connectivity index (χ0v) is 19.1. The van der Waals surface area contributed by atoms with Gasteiger partial charge in [-0.25, -0.2) is 8.42 Å². The first-order valence-electron chi connectivity index (χ1n) is 9.89. The fourth-order valence-corrected chi connectivity index (χ4v) is 4.67. The van der Waals surface area contributed by atoms with Crippen molar-refractivity contribution < 1.29 is 18.1 Å². The third-order valence-corrected chi connectivity index (χ3v) is 7.05. The van der Waals surface area contributed by atoms with Gasteiger partial charge in [0.2, 0.25) is 10.0 Å². The molecule has 168 valence electrons. The predicted molar refractivity (Wildman–Crippen MR) is 120 cm³/mol. The van der Waals surface area contributed by atoms with E-state index in [-0.39, 0.29) is 16.1 Å². The van der Waals surface area contributed by atoms with Crippen molar-refractivity contribution in [3.05, 3.63) is 63.7 Å². The number of nitro benzene ring substituents is 1. The molecular formula is C21H28N4O5S. The number of rotatable bonds is 9. The van der Waals surface area contributed by atoms with Gasteiger partial charge in [-0.1, -0.05) is 26.0 Å². The molecule has 10 heteroatoms. The number of carbonyl (C=O) groups is 1. The molecule has 0 radical (unpaired) electrons. The van der Waals surface area contributed by atoms with E-state index in [9.17, 15) is 23.3 Å².